The number of ether oxygens (including phenoxy) is 1. The molecule has 1 atom stereocenters. The molecule has 1 aliphatic carbocycles. The van der Waals surface area contributed by atoms with E-state index in [1.165, 1.54) is 6.20 Å². The van der Waals surface area contributed by atoms with Crippen molar-refractivity contribution >= 4 is 34.3 Å². The van der Waals surface area contributed by atoms with Crippen LogP contribution in [0.15, 0.2) is 61.0 Å². The highest BCUT2D eigenvalue weighted by Gasteiger charge is 2.32. The molecule has 3 heterocycles. The predicted molar refractivity (Wildman–Crippen MR) is 144 cm³/mol. The molecule has 2 fully saturated rings. The van der Waals surface area contributed by atoms with Crippen LogP contribution in [0, 0.1) is 12.7 Å². The third-order valence-electron chi connectivity index (χ3n) is 7.47. The fourth-order valence-corrected chi connectivity index (χ4v) is 5.46. The summed E-state index contributed by atoms with van der Waals surface area (Å²) in [5.74, 6) is -0.864. The first kappa shape index (κ1) is 26.1. The van der Waals surface area contributed by atoms with Crippen molar-refractivity contribution in [3.63, 3.8) is 0 Å². The average Bonchev–Trinajstić information content (AvgIpc) is 3.71. The topological polar surface area (TPSA) is 118 Å². The van der Waals surface area contributed by atoms with Gasteiger partial charge in [0.2, 0.25) is 5.43 Å². The van der Waals surface area contributed by atoms with Crippen molar-refractivity contribution in [2.24, 2.45) is 0 Å². The van der Waals surface area contributed by atoms with Crippen molar-refractivity contribution < 1.29 is 27.9 Å². The molecule has 1 aliphatic heterocycles. The highest BCUT2D eigenvalue weighted by molar-refractivity contribution is 6.30. The largest absolute Gasteiger partial charge is 0.519 e. The minimum atomic E-state index is -1.60. The second-order valence-electron chi connectivity index (χ2n) is 10.1. The summed E-state index contributed by atoms with van der Waals surface area (Å²) >= 11 is 6.13. The van der Waals surface area contributed by atoms with Crippen LogP contribution in [0.2, 0.25) is 5.02 Å². The molecule has 2 aromatic heterocycles. The number of aromatic nitrogens is 1. The summed E-state index contributed by atoms with van der Waals surface area (Å²) < 4.78 is 32.5. The first-order chi connectivity index (χ1) is 19.2. The van der Waals surface area contributed by atoms with Gasteiger partial charge in [0.15, 0.2) is 11.5 Å². The van der Waals surface area contributed by atoms with E-state index in [-0.39, 0.29) is 23.2 Å². The lowest BCUT2D eigenvalue weighted by Gasteiger charge is -2.42. The molecule has 1 unspecified atom stereocenters. The fraction of sp³-hybridized carbons (Fsp3) is 0.321. The second kappa shape index (κ2) is 10.1. The Hall–Kier alpha value is -4.09. The van der Waals surface area contributed by atoms with Gasteiger partial charge in [-0.2, -0.15) is 0 Å². The van der Waals surface area contributed by atoms with Gasteiger partial charge in [-0.1, -0.05) is 23.7 Å². The van der Waals surface area contributed by atoms with E-state index in [1.807, 2.05) is 17.0 Å². The van der Waals surface area contributed by atoms with Crippen molar-refractivity contribution in [3.8, 4) is 5.75 Å². The van der Waals surface area contributed by atoms with Crippen LogP contribution in [0.5, 0.6) is 5.75 Å². The van der Waals surface area contributed by atoms with Gasteiger partial charge in [0.1, 0.15) is 11.6 Å². The molecule has 6 rings (SSSR count). The molecule has 1 saturated carbocycles. The number of rotatable bonds is 6. The van der Waals surface area contributed by atoms with Gasteiger partial charge in [-0.05, 0) is 49.6 Å². The molecule has 0 bridgehead atoms. The first-order valence-corrected chi connectivity index (χ1v) is 13.2. The van der Waals surface area contributed by atoms with E-state index >= 15 is 4.39 Å². The summed E-state index contributed by atoms with van der Waals surface area (Å²) in [6.45, 7) is 3.37. The number of halogens is 2. The number of pyridine rings is 1. The summed E-state index contributed by atoms with van der Waals surface area (Å²) in [4.78, 5) is 39.8. The summed E-state index contributed by atoms with van der Waals surface area (Å²) in [5, 5.41) is 9.70. The van der Waals surface area contributed by atoms with E-state index in [4.69, 9.17) is 30.3 Å². The molecule has 208 valence electrons. The third-order valence-corrected chi connectivity index (χ3v) is 7.73. The van der Waals surface area contributed by atoms with E-state index < -0.39 is 23.2 Å². The molecule has 10 nitrogen and oxygen atoms in total. The monoisotopic (exact) mass is 569 g/mol. The minimum absolute atomic E-state index is 0.0604. The van der Waals surface area contributed by atoms with Crippen molar-refractivity contribution in [2.75, 3.05) is 24.5 Å². The van der Waals surface area contributed by atoms with Crippen LogP contribution in [0.3, 0.4) is 0 Å². The Morgan fingerprint density at radius 2 is 1.90 bits per heavy atom. The summed E-state index contributed by atoms with van der Waals surface area (Å²) in [7, 11) is 0. The summed E-state index contributed by atoms with van der Waals surface area (Å²) in [6, 6.07) is 10.1. The highest BCUT2D eigenvalue weighted by Crippen LogP contribution is 2.39. The maximum absolute atomic E-state index is 15.7. The molecule has 0 radical (unpaired) electrons. The Bertz CT molecular complexity index is 1720. The zero-order chi connectivity index (χ0) is 28.1. The van der Waals surface area contributed by atoms with Crippen LogP contribution >= 0.6 is 11.6 Å². The predicted octanol–water partition coefficient (Wildman–Crippen LogP) is 5.10. The Morgan fingerprint density at radius 3 is 2.55 bits per heavy atom. The molecule has 2 aliphatic rings. The van der Waals surface area contributed by atoms with Crippen molar-refractivity contribution in [3.05, 3.63) is 91.4 Å². The van der Waals surface area contributed by atoms with Gasteiger partial charge in [0, 0.05) is 30.7 Å². The number of hydrogen-bond donors (Lipinski definition) is 1. The van der Waals surface area contributed by atoms with Gasteiger partial charge >= 0.3 is 12.0 Å². The van der Waals surface area contributed by atoms with Crippen molar-refractivity contribution in [1.29, 1.82) is 0 Å². The van der Waals surface area contributed by atoms with Gasteiger partial charge in [-0.25, -0.2) is 14.0 Å². The molecule has 1 N–H and O–H groups in total. The van der Waals surface area contributed by atoms with Crippen LogP contribution in [0.4, 0.5) is 14.9 Å². The van der Waals surface area contributed by atoms with Gasteiger partial charge < -0.3 is 28.1 Å². The zero-order valence-electron chi connectivity index (χ0n) is 21.4. The van der Waals surface area contributed by atoms with Crippen LogP contribution < -0.4 is 20.9 Å². The maximum Gasteiger partial charge on any atom is 0.519 e. The molecule has 0 spiro atoms. The Labute approximate surface area is 231 Å². The third kappa shape index (κ3) is 4.98. The second-order valence-corrected chi connectivity index (χ2v) is 10.5. The summed E-state index contributed by atoms with van der Waals surface area (Å²) in [6.07, 6.45) is 1.51. The molecule has 4 aromatic rings. The number of piperazine rings is 1. The Kier molecular flexibility index (Phi) is 6.63. The van der Waals surface area contributed by atoms with E-state index in [1.54, 1.807) is 29.7 Å². The van der Waals surface area contributed by atoms with Gasteiger partial charge in [0.05, 0.1) is 35.4 Å². The lowest BCUT2D eigenvalue weighted by molar-refractivity contribution is 0.143. The van der Waals surface area contributed by atoms with Crippen LogP contribution in [0.25, 0.3) is 10.9 Å². The van der Waals surface area contributed by atoms with Crippen LogP contribution in [0.1, 0.15) is 42.0 Å². The van der Waals surface area contributed by atoms with Gasteiger partial charge in [-0.3, -0.25) is 9.69 Å². The van der Waals surface area contributed by atoms with Crippen LogP contribution in [-0.4, -0.2) is 40.4 Å². The van der Waals surface area contributed by atoms with E-state index in [2.05, 4.69) is 4.90 Å². The molecular weight excluding hydrogens is 545 g/mol. The molecule has 1 saturated heterocycles. The Balaban J connectivity index is 1.38. The maximum atomic E-state index is 15.7. The normalized spacial score (nSPS) is 17.9. The number of nitrogens with zero attached hydrogens (tertiary/aromatic N) is 3. The first-order valence-electron chi connectivity index (χ1n) is 12.8. The lowest BCUT2D eigenvalue weighted by Crippen LogP contribution is -2.48. The number of carbonyl (C=O) groups is 1. The van der Waals surface area contributed by atoms with E-state index in [0.717, 1.165) is 24.5 Å². The van der Waals surface area contributed by atoms with Crippen LogP contribution in [-0.2, 0) is 6.54 Å². The molecule has 12 heteroatoms. The molecule has 0 amide bonds. The Morgan fingerprint density at radius 1 is 1.15 bits per heavy atom. The van der Waals surface area contributed by atoms with E-state index in [0.29, 0.717) is 53.9 Å². The number of carboxylic acid groups (broad SMARTS) is 1. The number of benzene rings is 2. The number of aryl methyl sites for hydroxylation is 1. The summed E-state index contributed by atoms with van der Waals surface area (Å²) in [5.41, 5.74) is 1.12. The minimum Gasteiger partial charge on any atom is -0.449 e. The van der Waals surface area contributed by atoms with Crippen molar-refractivity contribution in [1.82, 2.24) is 9.47 Å². The standard InChI is InChI=1S/C28H25ClFN3O7/c1-15-24(40-28(37)38-15)13-32-9-8-31(12-23(32)16-2-4-17(29)5-3-16)22-11-21-19(10-20(22)30)26(34)25(39-27(35)36)14-33(21)18-6-7-18/h2-5,10-11,14,18,23H,6-9,12-13H2,1H3,(H,35,36). The molecular formula is C28H25ClFN3O7. The van der Waals surface area contributed by atoms with E-state index in [9.17, 15) is 14.4 Å². The number of anilines is 1. The van der Waals surface area contributed by atoms with Gasteiger partial charge in [-0.15, -0.1) is 0 Å². The lowest BCUT2D eigenvalue weighted by atomic mass is 10.0. The average molecular weight is 570 g/mol. The molecule has 2 aromatic carbocycles. The molecule has 40 heavy (non-hydrogen) atoms. The quantitative estimate of drug-likeness (QED) is 0.316. The fourth-order valence-electron chi connectivity index (χ4n) is 5.33. The zero-order valence-corrected chi connectivity index (χ0v) is 22.2. The van der Waals surface area contributed by atoms with Gasteiger partial charge in [0.25, 0.3) is 0 Å². The smallest absolute Gasteiger partial charge is 0.449 e. The number of hydrogen-bond acceptors (Lipinski definition) is 8. The SMILES string of the molecule is Cc1oc(=O)oc1CN1CCN(c2cc3c(cc2F)c(=O)c(OC(=O)O)cn3C2CC2)CC1c1ccc(Cl)cc1. The number of fused-ring (bicyclic) bond motifs is 1. The van der Waals surface area contributed by atoms with Crippen molar-refractivity contribution in [2.45, 2.75) is 38.4 Å². The highest BCUT2D eigenvalue weighted by atomic mass is 35.5.